The fraction of sp³-hybridized carbons (Fsp3) is 0.267. The third-order valence-corrected chi connectivity index (χ3v) is 4.26. The van der Waals surface area contributed by atoms with Gasteiger partial charge in [0, 0.05) is 24.8 Å². The molecular formula is C15H16N2OS. The summed E-state index contributed by atoms with van der Waals surface area (Å²) in [7, 11) is 0. The second-order valence-corrected chi connectivity index (χ2v) is 5.67. The van der Waals surface area contributed by atoms with Crippen molar-refractivity contribution in [1.82, 2.24) is 5.32 Å². The lowest BCUT2D eigenvalue weighted by atomic mass is 10.2. The first-order chi connectivity index (χ1) is 9.33. The van der Waals surface area contributed by atoms with E-state index in [1.54, 1.807) is 0 Å². The number of rotatable bonds is 3. The lowest BCUT2D eigenvalue weighted by molar-refractivity contribution is 0.0944. The molecule has 1 fully saturated rings. The Morgan fingerprint density at radius 1 is 1.21 bits per heavy atom. The Morgan fingerprint density at radius 2 is 2.05 bits per heavy atom. The van der Waals surface area contributed by atoms with Gasteiger partial charge in [-0.1, -0.05) is 24.3 Å². The Morgan fingerprint density at radius 3 is 2.79 bits per heavy atom. The minimum Gasteiger partial charge on any atom is -0.369 e. The summed E-state index contributed by atoms with van der Waals surface area (Å²) < 4.78 is 0. The van der Waals surface area contributed by atoms with Gasteiger partial charge in [0.25, 0.3) is 5.91 Å². The summed E-state index contributed by atoms with van der Waals surface area (Å²) in [5, 5.41) is 5.04. The normalized spacial score (nSPS) is 18.5. The van der Waals surface area contributed by atoms with Crippen molar-refractivity contribution < 1.29 is 4.79 Å². The maximum Gasteiger partial charge on any atom is 0.261 e. The van der Waals surface area contributed by atoms with E-state index in [-0.39, 0.29) is 11.9 Å². The lowest BCUT2D eigenvalue weighted by Gasteiger charge is -2.18. The van der Waals surface area contributed by atoms with Gasteiger partial charge in [-0.2, -0.15) is 0 Å². The largest absolute Gasteiger partial charge is 0.369 e. The number of hydrogen-bond donors (Lipinski definition) is 1. The lowest BCUT2D eigenvalue weighted by Crippen LogP contribution is -2.36. The van der Waals surface area contributed by atoms with Crippen molar-refractivity contribution in [2.45, 2.75) is 12.5 Å². The summed E-state index contributed by atoms with van der Waals surface area (Å²) in [4.78, 5) is 15.1. The van der Waals surface area contributed by atoms with Crippen LogP contribution in [0.5, 0.6) is 0 Å². The number of carbonyl (C=O) groups is 1. The number of benzene rings is 1. The smallest absolute Gasteiger partial charge is 0.261 e. The summed E-state index contributed by atoms with van der Waals surface area (Å²) >= 11 is 1.49. The van der Waals surface area contributed by atoms with Gasteiger partial charge in [0.1, 0.15) is 0 Å². The van der Waals surface area contributed by atoms with Crippen LogP contribution in [0.25, 0.3) is 0 Å². The molecule has 1 N–H and O–H groups in total. The molecule has 4 heteroatoms. The molecule has 1 aromatic heterocycles. The van der Waals surface area contributed by atoms with Crippen molar-refractivity contribution in [3.05, 3.63) is 52.7 Å². The fourth-order valence-corrected chi connectivity index (χ4v) is 3.04. The maximum atomic E-state index is 12.0. The number of nitrogens with one attached hydrogen (secondary N) is 1. The molecule has 0 saturated carbocycles. The first-order valence-electron chi connectivity index (χ1n) is 6.47. The van der Waals surface area contributed by atoms with Crippen LogP contribution in [0, 0.1) is 0 Å². The van der Waals surface area contributed by atoms with E-state index in [0.717, 1.165) is 24.4 Å². The summed E-state index contributed by atoms with van der Waals surface area (Å²) in [5.41, 5.74) is 1.23. The number of thiophene rings is 1. The minimum absolute atomic E-state index is 0.0508. The number of carbonyl (C=O) groups excluding carboxylic acids is 1. The summed E-state index contributed by atoms with van der Waals surface area (Å²) in [5.74, 6) is 0.0508. The van der Waals surface area contributed by atoms with Crippen molar-refractivity contribution in [3.8, 4) is 0 Å². The van der Waals surface area contributed by atoms with Crippen LogP contribution in [0.3, 0.4) is 0 Å². The number of nitrogens with zero attached hydrogens (tertiary/aromatic N) is 1. The number of amides is 1. The van der Waals surface area contributed by atoms with Crippen LogP contribution >= 0.6 is 11.3 Å². The highest BCUT2D eigenvalue weighted by Crippen LogP contribution is 2.20. The van der Waals surface area contributed by atoms with Crippen LogP contribution in [0.1, 0.15) is 16.1 Å². The van der Waals surface area contributed by atoms with E-state index in [0.29, 0.717) is 0 Å². The molecule has 98 valence electrons. The van der Waals surface area contributed by atoms with Gasteiger partial charge in [0.05, 0.1) is 4.88 Å². The van der Waals surface area contributed by atoms with Gasteiger partial charge in [-0.05, 0) is 30.0 Å². The topological polar surface area (TPSA) is 32.3 Å². The molecule has 0 spiro atoms. The number of anilines is 1. The zero-order valence-electron chi connectivity index (χ0n) is 10.6. The summed E-state index contributed by atoms with van der Waals surface area (Å²) in [6.07, 6.45) is 1.01. The predicted molar refractivity (Wildman–Crippen MR) is 78.8 cm³/mol. The van der Waals surface area contributed by atoms with Crippen molar-refractivity contribution >= 4 is 22.9 Å². The van der Waals surface area contributed by atoms with Gasteiger partial charge in [0.2, 0.25) is 0 Å². The van der Waals surface area contributed by atoms with Crippen LogP contribution in [-0.2, 0) is 0 Å². The van der Waals surface area contributed by atoms with Crippen molar-refractivity contribution in [3.63, 3.8) is 0 Å². The minimum atomic E-state index is 0.0508. The van der Waals surface area contributed by atoms with Gasteiger partial charge in [-0.25, -0.2) is 0 Å². The monoisotopic (exact) mass is 272 g/mol. The van der Waals surface area contributed by atoms with E-state index in [1.165, 1.54) is 17.0 Å². The predicted octanol–water partition coefficient (Wildman–Crippen LogP) is 2.76. The molecule has 0 bridgehead atoms. The highest BCUT2D eigenvalue weighted by Gasteiger charge is 2.24. The average Bonchev–Trinajstić information content (AvgIpc) is 3.11. The molecule has 2 aromatic rings. The summed E-state index contributed by atoms with van der Waals surface area (Å²) in [6, 6.07) is 14.4. The van der Waals surface area contributed by atoms with E-state index in [2.05, 4.69) is 22.3 Å². The third-order valence-electron chi connectivity index (χ3n) is 3.39. The van der Waals surface area contributed by atoms with E-state index in [9.17, 15) is 4.79 Å². The Hall–Kier alpha value is -1.81. The van der Waals surface area contributed by atoms with Crippen LogP contribution in [0.15, 0.2) is 47.8 Å². The standard InChI is InChI=1S/C15H16N2OS/c18-15(14-7-4-10-19-14)16-12-8-9-17(11-12)13-5-2-1-3-6-13/h1-7,10,12H,8-9,11H2,(H,16,18). The summed E-state index contributed by atoms with van der Waals surface area (Å²) in [6.45, 7) is 1.89. The zero-order chi connectivity index (χ0) is 13.1. The molecular weight excluding hydrogens is 256 g/mol. The van der Waals surface area contributed by atoms with Crippen molar-refractivity contribution in [2.24, 2.45) is 0 Å². The Labute approximate surface area is 116 Å². The van der Waals surface area contributed by atoms with Crippen molar-refractivity contribution in [1.29, 1.82) is 0 Å². The molecule has 1 amide bonds. The maximum absolute atomic E-state index is 12.0. The molecule has 1 aliphatic heterocycles. The van der Waals surface area contributed by atoms with E-state index >= 15 is 0 Å². The Balaban J connectivity index is 1.59. The van der Waals surface area contributed by atoms with E-state index in [1.807, 2.05) is 35.7 Å². The SMILES string of the molecule is O=C(NC1CCN(c2ccccc2)C1)c1cccs1. The van der Waals surface area contributed by atoms with E-state index in [4.69, 9.17) is 0 Å². The molecule has 2 heterocycles. The van der Waals surface area contributed by atoms with Gasteiger partial charge in [-0.15, -0.1) is 11.3 Å². The highest BCUT2D eigenvalue weighted by atomic mass is 32.1. The second-order valence-electron chi connectivity index (χ2n) is 4.72. The third kappa shape index (κ3) is 2.79. The van der Waals surface area contributed by atoms with Gasteiger partial charge < -0.3 is 10.2 Å². The number of para-hydroxylation sites is 1. The van der Waals surface area contributed by atoms with Crippen LogP contribution in [0.4, 0.5) is 5.69 Å². The molecule has 0 radical (unpaired) electrons. The first-order valence-corrected chi connectivity index (χ1v) is 7.35. The quantitative estimate of drug-likeness (QED) is 0.932. The van der Waals surface area contributed by atoms with Gasteiger partial charge in [0.15, 0.2) is 0 Å². The highest BCUT2D eigenvalue weighted by molar-refractivity contribution is 7.12. The Kier molecular flexibility index (Phi) is 3.51. The average molecular weight is 272 g/mol. The van der Waals surface area contributed by atoms with Gasteiger partial charge in [-0.3, -0.25) is 4.79 Å². The molecule has 3 nitrogen and oxygen atoms in total. The first kappa shape index (κ1) is 12.2. The molecule has 3 rings (SSSR count). The van der Waals surface area contributed by atoms with Crippen LogP contribution in [0.2, 0.25) is 0 Å². The zero-order valence-corrected chi connectivity index (χ0v) is 11.4. The molecule has 1 aromatic carbocycles. The van der Waals surface area contributed by atoms with Crippen LogP contribution in [-0.4, -0.2) is 25.0 Å². The molecule has 1 unspecified atom stereocenters. The fourth-order valence-electron chi connectivity index (χ4n) is 2.42. The number of hydrogen-bond acceptors (Lipinski definition) is 3. The Bertz CT molecular complexity index is 539. The molecule has 0 aliphatic carbocycles. The second kappa shape index (κ2) is 5.45. The van der Waals surface area contributed by atoms with Gasteiger partial charge >= 0.3 is 0 Å². The molecule has 1 saturated heterocycles. The molecule has 1 aliphatic rings. The van der Waals surface area contributed by atoms with Crippen molar-refractivity contribution in [2.75, 3.05) is 18.0 Å². The van der Waals surface area contributed by atoms with E-state index < -0.39 is 0 Å². The molecule has 1 atom stereocenters. The molecule has 19 heavy (non-hydrogen) atoms. The van der Waals surface area contributed by atoms with Crippen LogP contribution < -0.4 is 10.2 Å².